The molecule has 0 saturated carbocycles. The molecule has 0 bridgehead atoms. The highest BCUT2D eigenvalue weighted by Gasteiger charge is 2.01. The van der Waals surface area contributed by atoms with Crippen molar-refractivity contribution in [1.29, 1.82) is 0 Å². The molecule has 4 heteroatoms. The Hall–Kier alpha value is -0.770. The maximum absolute atomic E-state index is 5.72. The van der Waals surface area contributed by atoms with Gasteiger partial charge >= 0.3 is 0 Å². The average Bonchev–Trinajstić information content (AvgIpc) is 2.09. The predicted molar refractivity (Wildman–Crippen MR) is 53.7 cm³/mol. The lowest BCUT2D eigenvalue weighted by molar-refractivity contribution is 0.218. The van der Waals surface area contributed by atoms with Gasteiger partial charge in [0.15, 0.2) is 0 Å². The van der Waals surface area contributed by atoms with Crippen molar-refractivity contribution in [1.82, 2.24) is 5.43 Å². The van der Waals surface area contributed by atoms with Gasteiger partial charge in [0, 0.05) is 11.6 Å². The fourth-order valence-electron chi connectivity index (χ4n) is 0.953. The van der Waals surface area contributed by atoms with E-state index in [1.54, 1.807) is 12.1 Å². The molecule has 1 aromatic rings. The van der Waals surface area contributed by atoms with Crippen LogP contribution in [0.2, 0.25) is 5.02 Å². The van der Waals surface area contributed by atoms with E-state index in [0.717, 1.165) is 5.75 Å². The number of ether oxygens (including phenoxy) is 1. The topological polar surface area (TPSA) is 47.3 Å². The highest BCUT2D eigenvalue weighted by atomic mass is 35.5. The van der Waals surface area contributed by atoms with Crippen molar-refractivity contribution in [2.24, 2.45) is 5.84 Å². The fourth-order valence-corrected chi connectivity index (χ4v) is 1.08. The van der Waals surface area contributed by atoms with E-state index >= 15 is 0 Å². The molecular weight excluding hydrogens is 188 g/mol. The Morgan fingerprint density at radius 1 is 1.46 bits per heavy atom. The van der Waals surface area contributed by atoms with Gasteiger partial charge in [-0.1, -0.05) is 11.6 Å². The minimum atomic E-state index is 0.0474. The van der Waals surface area contributed by atoms with E-state index in [4.69, 9.17) is 22.2 Å². The molecule has 0 aliphatic carbocycles. The summed E-state index contributed by atoms with van der Waals surface area (Å²) in [6.07, 6.45) is 0.0474. The lowest BCUT2D eigenvalue weighted by atomic mass is 10.3. The van der Waals surface area contributed by atoms with Crippen LogP contribution in [0.1, 0.15) is 6.92 Å². The monoisotopic (exact) mass is 200 g/mol. The van der Waals surface area contributed by atoms with Crippen LogP contribution in [0.4, 0.5) is 0 Å². The molecule has 0 aliphatic heterocycles. The van der Waals surface area contributed by atoms with Gasteiger partial charge in [0.2, 0.25) is 0 Å². The Labute approximate surface area is 82.8 Å². The lowest BCUT2D eigenvalue weighted by Gasteiger charge is -2.13. The Balaban J connectivity index is 2.49. The molecule has 0 heterocycles. The van der Waals surface area contributed by atoms with Crippen LogP contribution in [0.3, 0.4) is 0 Å². The quantitative estimate of drug-likeness (QED) is 0.573. The number of benzene rings is 1. The van der Waals surface area contributed by atoms with E-state index < -0.39 is 0 Å². The Morgan fingerprint density at radius 3 is 2.62 bits per heavy atom. The van der Waals surface area contributed by atoms with Gasteiger partial charge in [-0.05, 0) is 31.2 Å². The number of hydrogen-bond donors (Lipinski definition) is 2. The Bertz CT molecular complexity index is 250. The normalized spacial score (nSPS) is 12.5. The Kier molecular flexibility index (Phi) is 4.02. The summed E-state index contributed by atoms with van der Waals surface area (Å²) in [5, 5.41) is 0.706. The zero-order chi connectivity index (χ0) is 9.68. The molecule has 1 unspecified atom stereocenters. The number of nitrogens with two attached hydrogens (primary N) is 1. The SMILES string of the molecule is CC(CNN)Oc1ccc(Cl)cc1. The van der Waals surface area contributed by atoms with Crippen LogP contribution < -0.4 is 16.0 Å². The highest BCUT2D eigenvalue weighted by Crippen LogP contribution is 2.16. The predicted octanol–water partition coefficient (Wildman–Crippen LogP) is 1.57. The summed E-state index contributed by atoms with van der Waals surface area (Å²) < 4.78 is 5.51. The van der Waals surface area contributed by atoms with Crippen LogP contribution in [0.15, 0.2) is 24.3 Å². The van der Waals surface area contributed by atoms with Gasteiger partial charge in [-0.2, -0.15) is 0 Å². The van der Waals surface area contributed by atoms with Crippen molar-refractivity contribution in [2.75, 3.05) is 6.54 Å². The van der Waals surface area contributed by atoms with Gasteiger partial charge in [-0.3, -0.25) is 11.3 Å². The standard InChI is InChI=1S/C9H13ClN2O/c1-7(6-12-11)13-9-4-2-8(10)3-5-9/h2-5,7,12H,6,11H2,1H3. The lowest BCUT2D eigenvalue weighted by Crippen LogP contribution is -2.33. The number of rotatable bonds is 4. The van der Waals surface area contributed by atoms with Crippen molar-refractivity contribution in [3.8, 4) is 5.75 Å². The molecule has 13 heavy (non-hydrogen) atoms. The second kappa shape index (κ2) is 5.07. The van der Waals surface area contributed by atoms with Gasteiger partial charge in [0.05, 0.1) is 0 Å². The van der Waals surface area contributed by atoms with Gasteiger partial charge in [-0.25, -0.2) is 0 Å². The average molecular weight is 201 g/mol. The third-order valence-corrected chi connectivity index (χ3v) is 1.81. The largest absolute Gasteiger partial charge is 0.489 e. The molecule has 0 radical (unpaired) electrons. The first-order valence-electron chi connectivity index (χ1n) is 4.08. The van der Waals surface area contributed by atoms with Crippen LogP contribution in [0, 0.1) is 0 Å². The molecule has 0 fully saturated rings. The molecule has 72 valence electrons. The summed E-state index contributed by atoms with van der Waals surface area (Å²) in [7, 11) is 0. The molecule has 0 aliphatic rings. The number of nitrogens with one attached hydrogen (secondary N) is 1. The molecule has 1 aromatic carbocycles. The minimum absolute atomic E-state index is 0.0474. The van der Waals surface area contributed by atoms with Crippen LogP contribution in [-0.2, 0) is 0 Å². The summed E-state index contributed by atoms with van der Waals surface area (Å²) in [5.74, 6) is 5.95. The summed E-state index contributed by atoms with van der Waals surface area (Å²) in [6.45, 7) is 2.55. The van der Waals surface area contributed by atoms with E-state index in [9.17, 15) is 0 Å². The van der Waals surface area contributed by atoms with E-state index in [0.29, 0.717) is 11.6 Å². The first-order valence-corrected chi connectivity index (χ1v) is 4.46. The summed E-state index contributed by atoms with van der Waals surface area (Å²) in [4.78, 5) is 0. The maximum atomic E-state index is 5.72. The van der Waals surface area contributed by atoms with E-state index in [1.807, 2.05) is 19.1 Å². The molecule has 0 amide bonds. The summed E-state index contributed by atoms with van der Waals surface area (Å²) in [5.41, 5.74) is 2.55. The van der Waals surface area contributed by atoms with Gasteiger partial charge in [-0.15, -0.1) is 0 Å². The van der Waals surface area contributed by atoms with Crippen LogP contribution in [0.5, 0.6) is 5.75 Å². The van der Waals surface area contributed by atoms with Crippen LogP contribution in [-0.4, -0.2) is 12.6 Å². The second-order valence-corrected chi connectivity index (χ2v) is 3.23. The molecule has 0 spiro atoms. The zero-order valence-corrected chi connectivity index (χ0v) is 8.21. The van der Waals surface area contributed by atoms with Gasteiger partial charge in [0.1, 0.15) is 11.9 Å². The molecule has 0 saturated heterocycles. The molecule has 1 atom stereocenters. The van der Waals surface area contributed by atoms with Gasteiger partial charge < -0.3 is 4.74 Å². The molecular formula is C9H13ClN2O. The van der Waals surface area contributed by atoms with E-state index in [1.165, 1.54) is 0 Å². The van der Waals surface area contributed by atoms with Gasteiger partial charge in [0.25, 0.3) is 0 Å². The number of halogens is 1. The summed E-state index contributed by atoms with van der Waals surface area (Å²) >= 11 is 5.72. The number of hydrogen-bond acceptors (Lipinski definition) is 3. The molecule has 1 rings (SSSR count). The first-order chi connectivity index (χ1) is 6.22. The van der Waals surface area contributed by atoms with Crippen molar-refractivity contribution >= 4 is 11.6 Å². The Morgan fingerprint density at radius 2 is 2.08 bits per heavy atom. The fraction of sp³-hybridized carbons (Fsp3) is 0.333. The third kappa shape index (κ3) is 3.63. The van der Waals surface area contributed by atoms with Crippen molar-refractivity contribution in [3.05, 3.63) is 29.3 Å². The maximum Gasteiger partial charge on any atom is 0.119 e. The van der Waals surface area contributed by atoms with Crippen LogP contribution >= 0.6 is 11.6 Å². The highest BCUT2D eigenvalue weighted by molar-refractivity contribution is 6.30. The third-order valence-electron chi connectivity index (χ3n) is 1.56. The smallest absolute Gasteiger partial charge is 0.119 e. The molecule has 3 nitrogen and oxygen atoms in total. The molecule has 3 N–H and O–H groups in total. The van der Waals surface area contributed by atoms with E-state index in [2.05, 4.69) is 5.43 Å². The van der Waals surface area contributed by atoms with Crippen molar-refractivity contribution in [3.63, 3.8) is 0 Å². The van der Waals surface area contributed by atoms with E-state index in [-0.39, 0.29) is 6.10 Å². The molecule has 0 aromatic heterocycles. The summed E-state index contributed by atoms with van der Waals surface area (Å²) in [6, 6.07) is 7.24. The number of hydrazine groups is 1. The van der Waals surface area contributed by atoms with Crippen LogP contribution in [0.25, 0.3) is 0 Å². The van der Waals surface area contributed by atoms with Crippen molar-refractivity contribution in [2.45, 2.75) is 13.0 Å². The first kappa shape index (κ1) is 10.3. The van der Waals surface area contributed by atoms with Crippen molar-refractivity contribution < 1.29 is 4.74 Å². The second-order valence-electron chi connectivity index (χ2n) is 2.79. The zero-order valence-electron chi connectivity index (χ0n) is 7.46. The minimum Gasteiger partial charge on any atom is -0.489 e.